The molecule has 40 heavy (non-hydrogen) atoms. The molecule has 2 aromatic rings. The number of Topliss-reactive ketones (excluding diaryl/α,β-unsaturated/α-hetero) is 2. The lowest BCUT2D eigenvalue weighted by Gasteiger charge is -2.15. The Kier molecular flexibility index (Phi) is 12.7. The molecule has 0 spiro atoms. The molecule has 0 heterocycles. The summed E-state index contributed by atoms with van der Waals surface area (Å²) in [4.78, 5) is 48.1. The van der Waals surface area contributed by atoms with Crippen molar-refractivity contribution in [1.82, 2.24) is 0 Å². The van der Waals surface area contributed by atoms with Gasteiger partial charge in [-0.2, -0.15) is 0 Å². The van der Waals surface area contributed by atoms with Crippen LogP contribution in [0.5, 0.6) is 0 Å². The molecule has 0 radical (unpaired) electrons. The Morgan fingerprint density at radius 3 is 1.15 bits per heavy atom. The average molecular weight is 555 g/mol. The minimum atomic E-state index is -1.43. The molecule has 0 unspecified atom stereocenters. The smallest absolute Gasteiger partial charge is 0.306 e. The number of ketones is 2. The van der Waals surface area contributed by atoms with Gasteiger partial charge in [0.25, 0.3) is 0 Å². The standard InChI is InChI=1S/C32H42O8/c1-31(2,37)29(35)25-17-13-23(14-18-25)21-39-27(33)11-9-7-5-6-8-10-12-28(34)40-22-24-15-19-26(20-16-24)30(36)32(3,4)38/h13-20,37-38H,5-12,21-22H2,1-4H3. The number of carbonyl (C=O) groups is 4. The molecular formula is C32H42O8. The maximum Gasteiger partial charge on any atom is 0.306 e. The molecule has 0 aliphatic rings. The van der Waals surface area contributed by atoms with E-state index in [2.05, 4.69) is 0 Å². The summed E-state index contributed by atoms with van der Waals surface area (Å²) in [5.41, 5.74) is -0.501. The van der Waals surface area contributed by atoms with E-state index in [1.54, 1.807) is 48.5 Å². The van der Waals surface area contributed by atoms with Gasteiger partial charge in [0.05, 0.1) is 0 Å². The van der Waals surface area contributed by atoms with Crippen LogP contribution in [0.3, 0.4) is 0 Å². The van der Waals surface area contributed by atoms with Crippen molar-refractivity contribution in [2.75, 3.05) is 0 Å². The number of carbonyl (C=O) groups excluding carboxylic acids is 4. The topological polar surface area (TPSA) is 127 Å². The zero-order valence-electron chi connectivity index (χ0n) is 24.0. The molecule has 0 aliphatic heterocycles. The Labute approximate surface area is 236 Å². The number of aliphatic hydroxyl groups is 2. The van der Waals surface area contributed by atoms with Gasteiger partial charge in [-0.25, -0.2) is 0 Å². The Morgan fingerprint density at radius 1 is 0.550 bits per heavy atom. The van der Waals surface area contributed by atoms with Gasteiger partial charge in [-0.15, -0.1) is 0 Å². The lowest BCUT2D eigenvalue weighted by atomic mass is 9.96. The fourth-order valence-corrected chi connectivity index (χ4v) is 3.93. The third-order valence-corrected chi connectivity index (χ3v) is 6.36. The van der Waals surface area contributed by atoms with Crippen LogP contribution >= 0.6 is 0 Å². The van der Waals surface area contributed by atoms with Crippen LogP contribution in [-0.2, 0) is 32.3 Å². The van der Waals surface area contributed by atoms with E-state index in [0.717, 1.165) is 49.7 Å². The SMILES string of the molecule is CC(C)(O)C(=O)c1ccc(COC(=O)CCCCCCCCC(=O)OCc2ccc(C(=O)C(C)(C)O)cc2)cc1. The predicted molar refractivity (Wildman–Crippen MR) is 151 cm³/mol. The van der Waals surface area contributed by atoms with Crippen LogP contribution < -0.4 is 0 Å². The number of rotatable bonds is 17. The third kappa shape index (κ3) is 11.8. The molecule has 218 valence electrons. The summed E-state index contributed by atoms with van der Waals surface area (Å²) in [5, 5.41) is 19.6. The molecule has 2 N–H and O–H groups in total. The van der Waals surface area contributed by atoms with Crippen molar-refractivity contribution < 1.29 is 38.9 Å². The summed E-state index contributed by atoms with van der Waals surface area (Å²) in [6, 6.07) is 13.3. The quantitative estimate of drug-likeness (QED) is 0.149. The van der Waals surface area contributed by atoms with Crippen LogP contribution in [-0.4, -0.2) is 44.9 Å². The zero-order chi connectivity index (χ0) is 29.8. The van der Waals surface area contributed by atoms with Gasteiger partial charge in [0.1, 0.15) is 24.4 Å². The van der Waals surface area contributed by atoms with Crippen molar-refractivity contribution in [2.24, 2.45) is 0 Å². The molecule has 0 bridgehead atoms. The predicted octanol–water partition coefficient (Wildman–Crippen LogP) is 5.50. The number of esters is 2. The molecule has 0 fully saturated rings. The van der Waals surface area contributed by atoms with E-state index in [9.17, 15) is 29.4 Å². The van der Waals surface area contributed by atoms with Crippen molar-refractivity contribution in [1.29, 1.82) is 0 Å². The van der Waals surface area contributed by atoms with Gasteiger partial charge in [-0.1, -0.05) is 74.2 Å². The van der Waals surface area contributed by atoms with E-state index in [4.69, 9.17) is 9.47 Å². The molecule has 8 heteroatoms. The molecule has 2 rings (SSSR count). The number of unbranched alkanes of at least 4 members (excludes halogenated alkanes) is 5. The first-order chi connectivity index (χ1) is 18.8. The minimum absolute atomic E-state index is 0.138. The third-order valence-electron chi connectivity index (χ3n) is 6.36. The van der Waals surface area contributed by atoms with E-state index < -0.39 is 11.2 Å². The fraction of sp³-hybridized carbons (Fsp3) is 0.500. The Morgan fingerprint density at radius 2 is 0.850 bits per heavy atom. The lowest BCUT2D eigenvalue weighted by molar-refractivity contribution is -0.146. The lowest BCUT2D eigenvalue weighted by Crippen LogP contribution is -2.31. The van der Waals surface area contributed by atoms with Crippen molar-refractivity contribution in [2.45, 2.75) is 103 Å². The summed E-state index contributed by atoms with van der Waals surface area (Å²) < 4.78 is 10.6. The normalized spacial score (nSPS) is 11.7. The van der Waals surface area contributed by atoms with Crippen molar-refractivity contribution in [3.63, 3.8) is 0 Å². The molecule has 8 nitrogen and oxygen atoms in total. The molecular weight excluding hydrogens is 512 g/mol. The molecule has 0 saturated heterocycles. The zero-order valence-corrected chi connectivity index (χ0v) is 24.0. The highest BCUT2D eigenvalue weighted by atomic mass is 16.5. The second kappa shape index (κ2) is 15.4. The van der Waals surface area contributed by atoms with Crippen LogP contribution in [0.15, 0.2) is 48.5 Å². The van der Waals surface area contributed by atoms with E-state index in [1.165, 1.54) is 27.7 Å². The van der Waals surface area contributed by atoms with E-state index >= 15 is 0 Å². The summed E-state index contributed by atoms with van der Waals surface area (Å²) in [6.45, 7) is 6.05. The molecule has 0 amide bonds. The maximum atomic E-state index is 12.1. The van der Waals surface area contributed by atoms with Crippen LogP contribution in [0.4, 0.5) is 0 Å². The van der Waals surface area contributed by atoms with Crippen molar-refractivity contribution in [3.05, 3.63) is 70.8 Å². The number of hydrogen-bond donors (Lipinski definition) is 2. The molecule has 0 atom stereocenters. The highest BCUT2D eigenvalue weighted by molar-refractivity contribution is 6.02. The second-order valence-electron chi connectivity index (χ2n) is 11.1. The molecule has 0 aromatic heterocycles. The second-order valence-corrected chi connectivity index (χ2v) is 11.1. The highest BCUT2D eigenvalue weighted by Gasteiger charge is 2.25. The van der Waals surface area contributed by atoms with Crippen LogP contribution in [0, 0.1) is 0 Å². The number of hydrogen-bond acceptors (Lipinski definition) is 8. The highest BCUT2D eigenvalue weighted by Crippen LogP contribution is 2.16. The maximum absolute atomic E-state index is 12.1. The van der Waals surface area contributed by atoms with Crippen LogP contribution in [0.25, 0.3) is 0 Å². The van der Waals surface area contributed by atoms with Gasteiger partial charge in [0.2, 0.25) is 0 Å². The largest absolute Gasteiger partial charge is 0.461 e. The number of benzene rings is 2. The first kappa shape index (κ1) is 32.8. The summed E-state index contributed by atoms with van der Waals surface area (Å²) in [6.07, 6.45) is 5.89. The average Bonchev–Trinajstić information content (AvgIpc) is 2.91. The van der Waals surface area contributed by atoms with Gasteiger partial charge in [-0.05, 0) is 51.7 Å². The Hall–Kier alpha value is -3.36. The van der Waals surface area contributed by atoms with Gasteiger partial charge >= 0.3 is 11.9 Å². The molecule has 2 aromatic carbocycles. The van der Waals surface area contributed by atoms with Crippen LogP contribution in [0.1, 0.15) is 111 Å². The first-order valence-corrected chi connectivity index (χ1v) is 13.8. The summed E-state index contributed by atoms with van der Waals surface area (Å²) in [7, 11) is 0. The van der Waals surface area contributed by atoms with E-state index in [-0.39, 0.29) is 36.7 Å². The van der Waals surface area contributed by atoms with Crippen LogP contribution in [0.2, 0.25) is 0 Å². The summed E-state index contributed by atoms with van der Waals surface area (Å²) >= 11 is 0. The molecule has 0 aliphatic carbocycles. The van der Waals surface area contributed by atoms with Crippen molar-refractivity contribution >= 4 is 23.5 Å². The van der Waals surface area contributed by atoms with E-state index in [1.807, 2.05) is 0 Å². The van der Waals surface area contributed by atoms with Gasteiger partial charge < -0.3 is 19.7 Å². The van der Waals surface area contributed by atoms with E-state index in [0.29, 0.717) is 24.0 Å². The Balaban J connectivity index is 1.50. The first-order valence-electron chi connectivity index (χ1n) is 13.8. The molecule has 0 saturated carbocycles. The van der Waals surface area contributed by atoms with Crippen molar-refractivity contribution in [3.8, 4) is 0 Å². The number of ether oxygens (including phenoxy) is 2. The fourth-order valence-electron chi connectivity index (χ4n) is 3.93. The minimum Gasteiger partial charge on any atom is -0.461 e. The Bertz CT molecular complexity index is 1030. The van der Waals surface area contributed by atoms with Gasteiger partial charge in [0, 0.05) is 24.0 Å². The van der Waals surface area contributed by atoms with Gasteiger partial charge in [0.15, 0.2) is 11.6 Å². The summed E-state index contributed by atoms with van der Waals surface area (Å²) in [5.74, 6) is -1.26. The monoisotopic (exact) mass is 554 g/mol. The van der Waals surface area contributed by atoms with Gasteiger partial charge in [-0.3, -0.25) is 19.2 Å².